The minimum absolute atomic E-state index is 0.123. The molecule has 5 nitrogen and oxygen atoms in total. The van der Waals surface area contributed by atoms with Gasteiger partial charge in [0.2, 0.25) is 0 Å². The highest BCUT2D eigenvalue weighted by Crippen LogP contribution is 2.26. The van der Waals surface area contributed by atoms with Crippen LogP contribution in [0.1, 0.15) is 11.1 Å². The molecule has 140 valence electrons. The Morgan fingerprint density at radius 2 is 1.86 bits per heavy atom. The molecule has 0 unspecified atom stereocenters. The van der Waals surface area contributed by atoms with Crippen LogP contribution >= 0.6 is 0 Å². The molecule has 1 heterocycles. The molecule has 4 aromatic rings. The van der Waals surface area contributed by atoms with Gasteiger partial charge in [-0.3, -0.25) is 4.99 Å². The Labute approximate surface area is 162 Å². The number of aromatic hydroxyl groups is 1. The van der Waals surface area contributed by atoms with Gasteiger partial charge in [-0.15, -0.1) is 0 Å². The molecule has 1 aromatic heterocycles. The molecule has 0 fully saturated rings. The molecule has 0 aliphatic rings. The molecule has 0 amide bonds. The number of hydrogen-bond donors (Lipinski definition) is 2. The molecule has 2 N–H and O–H groups in total. The van der Waals surface area contributed by atoms with Gasteiger partial charge in [0.05, 0.1) is 7.11 Å². The number of phenolic OH excluding ortho intramolecular Hbond substituents is 1. The second-order valence-electron chi connectivity index (χ2n) is 6.60. The van der Waals surface area contributed by atoms with Gasteiger partial charge in [0.25, 0.3) is 0 Å². The first kappa shape index (κ1) is 17.8. The summed E-state index contributed by atoms with van der Waals surface area (Å²) in [6, 6.07) is 18.4. The quantitative estimate of drug-likeness (QED) is 0.407. The van der Waals surface area contributed by atoms with Gasteiger partial charge in [0.15, 0.2) is 6.04 Å². The Bertz CT molecular complexity index is 1180. The maximum atomic E-state index is 12.3. The molecule has 28 heavy (non-hydrogen) atoms. The number of hydrogen-bond acceptors (Lipinski definition) is 4. The van der Waals surface area contributed by atoms with E-state index >= 15 is 0 Å². The first-order chi connectivity index (χ1) is 13.7. The van der Waals surface area contributed by atoms with Gasteiger partial charge in [-0.05, 0) is 28.5 Å². The number of methoxy groups -OCH3 is 1. The molecule has 0 radical (unpaired) electrons. The average Bonchev–Trinajstić information content (AvgIpc) is 3.14. The largest absolute Gasteiger partial charge is 0.507 e. The van der Waals surface area contributed by atoms with Crippen molar-refractivity contribution in [2.24, 2.45) is 4.99 Å². The summed E-state index contributed by atoms with van der Waals surface area (Å²) in [7, 11) is 1.36. The Balaban J connectivity index is 1.70. The van der Waals surface area contributed by atoms with Crippen molar-refractivity contribution in [2.45, 2.75) is 12.5 Å². The highest BCUT2D eigenvalue weighted by Gasteiger charge is 2.20. The molecule has 0 aliphatic carbocycles. The molecule has 3 aromatic carbocycles. The summed E-state index contributed by atoms with van der Waals surface area (Å²) in [4.78, 5) is 20.0. The Hall–Kier alpha value is -3.60. The Morgan fingerprint density at radius 3 is 2.68 bits per heavy atom. The first-order valence-corrected chi connectivity index (χ1v) is 9.04. The van der Waals surface area contributed by atoms with E-state index in [0.717, 1.165) is 27.2 Å². The lowest BCUT2D eigenvalue weighted by atomic mass is 10.0. The summed E-state index contributed by atoms with van der Waals surface area (Å²) in [5, 5.41) is 13.2. The standard InChI is InChI=1S/C23H20N2O3/c1-28-23(27)21(12-16-13-24-20-9-5-4-8-18(16)20)25-14-19-17-7-3-2-6-15(17)10-11-22(19)26/h2-11,13-14,21,24,26H,12H2,1H3/t21-/m0/s1. The number of esters is 1. The fourth-order valence-electron chi connectivity index (χ4n) is 3.43. The van der Waals surface area contributed by atoms with Crippen molar-refractivity contribution in [1.29, 1.82) is 0 Å². The molecular formula is C23H20N2O3. The fraction of sp³-hybridized carbons (Fsp3) is 0.130. The number of H-pyrrole nitrogens is 1. The predicted octanol–water partition coefficient (Wildman–Crippen LogP) is 4.23. The van der Waals surface area contributed by atoms with Crippen LogP contribution in [0.25, 0.3) is 21.7 Å². The number of nitrogens with zero attached hydrogens (tertiary/aromatic N) is 1. The highest BCUT2D eigenvalue weighted by atomic mass is 16.5. The molecule has 5 heteroatoms. The van der Waals surface area contributed by atoms with Gasteiger partial charge < -0.3 is 14.8 Å². The number of phenols is 1. The van der Waals surface area contributed by atoms with Crippen LogP contribution < -0.4 is 0 Å². The number of aromatic amines is 1. The van der Waals surface area contributed by atoms with Crippen molar-refractivity contribution in [3.05, 3.63) is 78.0 Å². The van der Waals surface area contributed by atoms with Crippen LogP contribution in [0.4, 0.5) is 0 Å². The normalized spacial score (nSPS) is 12.6. The lowest BCUT2D eigenvalue weighted by Gasteiger charge is -2.11. The van der Waals surface area contributed by atoms with Crippen LogP contribution in [0.15, 0.2) is 71.9 Å². The zero-order valence-corrected chi connectivity index (χ0v) is 15.4. The van der Waals surface area contributed by atoms with E-state index in [0.29, 0.717) is 12.0 Å². The van der Waals surface area contributed by atoms with Crippen molar-refractivity contribution in [1.82, 2.24) is 4.98 Å². The minimum Gasteiger partial charge on any atom is -0.507 e. The summed E-state index contributed by atoms with van der Waals surface area (Å²) in [5.74, 6) is -0.292. The molecule has 0 bridgehead atoms. The molecule has 0 saturated carbocycles. The van der Waals surface area contributed by atoms with Crippen LogP contribution in [-0.4, -0.2) is 35.4 Å². The number of aromatic nitrogens is 1. The third-order valence-corrected chi connectivity index (χ3v) is 4.89. The summed E-state index contributed by atoms with van der Waals surface area (Å²) in [6.45, 7) is 0. The number of ether oxygens (including phenoxy) is 1. The number of rotatable bonds is 5. The third-order valence-electron chi connectivity index (χ3n) is 4.89. The maximum Gasteiger partial charge on any atom is 0.330 e. The molecular weight excluding hydrogens is 352 g/mol. The third kappa shape index (κ3) is 3.34. The van der Waals surface area contributed by atoms with Crippen LogP contribution in [0, 0.1) is 0 Å². The molecule has 0 spiro atoms. The van der Waals surface area contributed by atoms with Crippen molar-refractivity contribution in [2.75, 3.05) is 7.11 Å². The number of nitrogens with one attached hydrogen (secondary N) is 1. The second-order valence-corrected chi connectivity index (χ2v) is 6.60. The number of aliphatic imine (C=N–C) groups is 1. The average molecular weight is 372 g/mol. The van der Waals surface area contributed by atoms with Gasteiger partial charge in [-0.25, -0.2) is 4.79 Å². The summed E-state index contributed by atoms with van der Waals surface area (Å²) >= 11 is 0. The summed E-state index contributed by atoms with van der Waals surface area (Å²) in [6.07, 6.45) is 3.86. The van der Waals surface area contributed by atoms with E-state index in [1.165, 1.54) is 7.11 Å². The van der Waals surface area contributed by atoms with E-state index in [4.69, 9.17) is 4.74 Å². The van der Waals surface area contributed by atoms with Crippen molar-refractivity contribution in [3.63, 3.8) is 0 Å². The number of carbonyl (C=O) groups is 1. The molecule has 0 saturated heterocycles. The highest BCUT2D eigenvalue weighted by molar-refractivity contribution is 6.02. The molecule has 4 rings (SSSR count). The van der Waals surface area contributed by atoms with Gasteiger partial charge in [0.1, 0.15) is 5.75 Å². The van der Waals surface area contributed by atoms with Gasteiger partial charge >= 0.3 is 5.97 Å². The SMILES string of the molecule is COC(=O)[C@H](Cc1c[nH]c2ccccc12)N=Cc1c(O)ccc2ccccc12. The van der Waals surface area contributed by atoms with Gasteiger partial charge in [-0.1, -0.05) is 48.5 Å². The summed E-state index contributed by atoms with van der Waals surface area (Å²) in [5.41, 5.74) is 2.59. The zero-order valence-electron chi connectivity index (χ0n) is 15.4. The van der Waals surface area contributed by atoms with Crippen molar-refractivity contribution < 1.29 is 14.6 Å². The van der Waals surface area contributed by atoms with E-state index in [-0.39, 0.29) is 5.75 Å². The van der Waals surface area contributed by atoms with Crippen LogP contribution in [0.5, 0.6) is 5.75 Å². The van der Waals surface area contributed by atoms with E-state index in [1.54, 1.807) is 12.3 Å². The number of fused-ring (bicyclic) bond motifs is 2. The Morgan fingerprint density at radius 1 is 1.11 bits per heavy atom. The van der Waals surface area contributed by atoms with E-state index < -0.39 is 12.0 Å². The van der Waals surface area contributed by atoms with Crippen LogP contribution in [-0.2, 0) is 16.0 Å². The molecule has 0 aliphatic heterocycles. The lowest BCUT2D eigenvalue weighted by Crippen LogP contribution is -2.23. The van der Waals surface area contributed by atoms with E-state index in [9.17, 15) is 9.90 Å². The smallest absolute Gasteiger partial charge is 0.330 e. The Kier molecular flexibility index (Phi) is 4.81. The summed E-state index contributed by atoms with van der Waals surface area (Å²) < 4.78 is 4.95. The number of carbonyl (C=O) groups excluding carboxylic acids is 1. The van der Waals surface area contributed by atoms with Gasteiger partial charge in [-0.2, -0.15) is 0 Å². The zero-order chi connectivity index (χ0) is 19.5. The number of benzene rings is 3. The van der Waals surface area contributed by atoms with Crippen LogP contribution in [0.2, 0.25) is 0 Å². The van der Waals surface area contributed by atoms with Crippen molar-refractivity contribution in [3.8, 4) is 5.75 Å². The lowest BCUT2D eigenvalue weighted by molar-refractivity contribution is -0.142. The van der Waals surface area contributed by atoms with E-state index in [2.05, 4.69) is 9.98 Å². The van der Waals surface area contributed by atoms with E-state index in [1.807, 2.05) is 60.8 Å². The first-order valence-electron chi connectivity index (χ1n) is 9.04. The number of para-hydroxylation sites is 1. The molecule has 1 atom stereocenters. The maximum absolute atomic E-state index is 12.3. The second kappa shape index (κ2) is 7.56. The fourth-order valence-corrected chi connectivity index (χ4v) is 3.43. The monoisotopic (exact) mass is 372 g/mol. The van der Waals surface area contributed by atoms with Gasteiger partial charge in [0, 0.05) is 35.3 Å². The van der Waals surface area contributed by atoms with Crippen LogP contribution in [0.3, 0.4) is 0 Å². The minimum atomic E-state index is -0.706. The topological polar surface area (TPSA) is 74.7 Å². The van der Waals surface area contributed by atoms with Crippen molar-refractivity contribution >= 4 is 33.9 Å². The predicted molar refractivity (Wildman–Crippen MR) is 111 cm³/mol.